The number of amides is 1. The highest BCUT2D eigenvalue weighted by Crippen LogP contribution is 2.26. The van der Waals surface area contributed by atoms with Crippen molar-refractivity contribution in [2.24, 2.45) is 0 Å². The molecule has 1 atom stereocenters. The SMILES string of the molecule is Cc1nc2ccccc2c(=O)n1CCC(=O)NC(c1ccccc1)c1cccs1. The number of para-hydroxylation sites is 1. The smallest absolute Gasteiger partial charge is 0.261 e. The first-order chi connectivity index (χ1) is 14.1. The molecule has 0 aliphatic carbocycles. The first kappa shape index (κ1) is 19.1. The van der Waals surface area contributed by atoms with Gasteiger partial charge in [-0.2, -0.15) is 0 Å². The van der Waals surface area contributed by atoms with E-state index in [1.54, 1.807) is 28.9 Å². The summed E-state index contributed by atoms with van der Waals surface area (Å²) in [5, 5.41) is 5.69. The van der Waals surface area contributed by atoms with Crippen molar-refractivity contribution in [1.82, 2.24) is 14.9 Å². The fraction of sp³-hybridized carbons (Fsp3) is 0.174. The third-order valence-corrected chi connectivity index (χ3v) is 5.82. The molecule has 0 aliphatic heterocycles. The van der Waals surface area contributed by atoms with Gasteiger partial charge in [-0.25, -0.2) is 4.98 Å². The molecular weight excluding hydrogens is 382 g/mol. The molecule has 1 amide bonds. The van der Waals surface area contributed by atoms with Gasteiger partial charge in [0.15, 0.2) is 0 Å². The van der Waals surface area contributed by atoms with Gasteiger partial charge in [-0.05, 0) is 36.1 Å². The largest absolute Gasteiger partial charge is 0.344 e. The molecule has 0 spiro atoms. The summed E-state index contributed by atoms with van der Waals surface area (Å²) >= 11 is 1.61. The number of carbonyl (C=O) groups excluding carboxylic acids is 1. The Kier molecular flexibility index (Phi) is 5.53. The van der Waals surface area contributed by atoms with Crippen LogP contribution in [-0.4, -0.2) is 15.5 Å². The molecule has 5 nitrogen and oxygen atoms in total. The minimum atomic E-state index is -0.198. The van der Waals surface area contributed by atoms with E-state index in [4.69, 9.17) is 0 Å². The maximum atomic E-state index is 12.8. The number of nitrogens with one attached hydrogen (secondary N) is 1. The van der Waals surface area contributed by atoms with Crippen LogP contribution in [0, 0.1) is 6.92 Å². The zero-order valence-electron chi connectivity index (χ0n) is 16.0. The van der Waals surface area contributed by atoms with Gasteiger partial charge < -0.3 is 5.32 Å². The zero-order valence-corrected chi connectivity index (χ0v) is 16.9. The van der Waals surface area contributed by atoms with Gasteiger partial charge in [0.2, 0.25) is 5.91 Å². The molecule has 2 aromatic carbocycles. The molecule has 0 aliphatic rings. The fourth-order valence-corrected chi connectivity index (χ4v) is 4.21. The number of fused-ring (bicyclic) bond motifs is 1. The average Bonchev–Trinajstić information content (AvgIpc) is 3.27. The van der Waals surface area contributed by atoms with Crippen LogP contribution in [0.15, 0.2) is 76.9 Å². The molecule has 0 saturated carbocycles. The van der Waals surface area contributed by atoms with E-state index in [0.29, 0.717) is 23.3 Å². The van der Waals surface area contributed by atoms with Crippen molar-refractivity contribution in [2.75, 3.05) is 0 Å². The van der Waals surface area contributed by atoms with Crippen LogP contribution in [-0.2, 0) is 11.3 Å². The van der Waals surface area contributed by atoms with Gasteiger partial charge in [-0.3, -0.25) is 14.2 Å². The lowest BCUT2D eigenvalue weighted by molar-refractivity contribution is -0.121. The van der Waals surface area contributed by atoms with Crippen molar-refractivity contribution < 1.29 is 4.79 Å². The Morgan fingerprint density at radius 3 is 2.59 bits per heavy atom. The molecule has 4 aromatic rings. The average molecular weight is 404 g/mol. The van der Waals surface area contributed by atoms with E-state index in [1.807, 2.05) is 66.0 Å². The molecule has 29 heavy (non-hydrogen) atoms. The minimum absolute atomic E-state index is 0.105. The van der Waals surface area contributed by atoms with Crippen molar-refractivity contribution in [1.29, 1.82) is 0 Å². The van der Waals surface area contributed by atoms with Crippen LogP contribution in [0.2, 0.25) is 0 Å². The van der Waals surface area contributed by atoms with Gasteiger partial charge in [0.1, 0.15) is 5.82 Å². The van der Waals surface area contributed by atoms with Gasteiger partial charge in [0, 0.05) is 17.8 Å². The van der Waals surface area contributed by atoms with E-state index in [-0.39, 0.29) is 23.9 Å². The number of aromatic nitrogens is 2. The van der Waals surface area contributed by atoms with Crippen LogP contribution < -0.4 is 10.9 Å². The maximum absolute atomic E-state index is 12.8. The second-order valence-electron chi connectivity index (χ2n) is 6.81. The standard InChI is InChI=1S/C23H21N3O2S/c1-16-24-19-11-6-5-10-18(19)23(28)26(16)14-13-21(27)25-22(20-12-7-15-29-20)17-8-3-2-4-9-17/h2-12,15,22H,13-14H2,1H3,(H,25,27). The van der Waals surface area contributed by atoms with Crippen molar-refractivity contribution in [3.8, 4) is 0 Å². The summed E-state index contributed by atoms with van der Waals surface area (Å²) in [5.41, 5.74) is 1.60. The number of aryl methyl sites for hydroxylation is 1. The van der Waals surface area contributed by atoms with Crippen molar-refractivity contribution in [2.45, 2.75) is 25.9 Å². The van der Waals surface area contributed by atoms with E-state index in [9.17, 15) is 9.59 Å². The summed E-state index contributed by atoms with van der Waals surface area (Å²) < 4.78 is 1.57. The van der Waals surface area contributed by atoms with E-state index in [1.165, 1.54) is 0 Å². The number of rotatable bonds is 6. The van der Waals surface area contributed by atoms with Gasteiger partial charge in [-0.15, -0.1) is 11.3 Å². The summed E-state index contributed by atoms with van der Waals surface area (Å²) in [6.45, 7) is 2.09. The van der Waals surface area contributed by atoms with Crippen molar-refractivity contribution >= 4 is 28.1 Å². The van der Waals surface area contributed by atoms with E-state index >= 15 is 0 Å². The van der Waals surface area contributed by atoms with Crippen LogP contribution in [0.5, 0.6) is 0 Å². The molecule has 2 aromatic heterocycles. The van der Waals surface area contributed by atoms with Crippen LogP contribution in [0.25, 0.3) is 10.9 Å². The Balaban J connectivity index is 1.52. The minimum Gasteiger partial charge on any atom is -0.344 e. The second kappa shape index (κ2) is 8.41. The molecule has 6 heteroatoms. The monoisotopic (exact) mass is 403 g/mol. The quantitative estimate of drug-likeness (QED) is 0.528. The molecule has 1 unspecified atom stereocenters. The molecule has 4 rings (SSSR count). The lowest BCUT2D eigenvalue weighted by atomic mass is 10.1. The Hall–Kier alpha value is -3.25. The van der Waals surface area contributed by atoms with E-state index in [0.717, 1.165) is 10.4 Å². The summed E-state index contributed by atoms with van der Waals surface area (Å²) in [6, 6.07) is 21.0. The third-order valence-electron chi connectivity index (χ3n) is 4.88. The summed E-state index contributed by atoms with van der Waals surface area (Å²) in [5.74, 6) is 0.506. The van der Waals surface area contributed by atoms with Crippen molar-refractivity contribution in [3.63, 3.8) is 0 Å². The lowest BCUT2D eigenvalue weighted by Crippen LogP contribution is -2.31. The van der Waals surface area contributed by atoms with E-state index in [2.05, 4.69) is 10.3 Å². The molecule has 0 bridgehead atoms. The van der Waals surface area contributed by atoms with Gasteiger partial charge in [0.25, 0.3) is 5.56 Å². The van der Waals surface area contributed by atoms with Gasteiger partial charge in [0.05, 0.1) is 16.9 Å². The number of thiophene rings is 1. The fourth-order valence-electron chi connectivity index (χ4n) is 3.41. The Labute approximate surface area is 172 Å². The van der Waals surface area contributed by atoms with E-state index < -0.39 is 0 Å². The summed E-state index contributed by atoms with van der Waals surface area (Å²) in [6.07, 6.45) is 0.204. The topological polar surface area (TPSA) is 64.0 Å². The first-order valence-corrected chi connectivity index (χ1v) is 10.4. The summed E-state index contributed by atoms with van der Waals surface area (Å²) in [4.78, 5) is 31.1. The molecule has 0 fully saturated rings. The molecule has 0 saturated heterocycles. The molecule has 1 N–H and O–H groups in total. The molecule has 146 valence electrons. The molecule has 2 heterocycles. The van der Waals surface area contributed by atoms with Crippen LogP contribution >= 0.6 is 11.3 Å². The lowest BCUT2D eigenvalue weighted by Gasteiger charge is -2.18. The Morgan fingerprint density at radius 2 is 1.83 bits per heavy atom. The third kappa shape index (κ3) is 4.12. The zero-order chi connectivity index (χ0) is 20.2. The maximum Gasteiger partial charge on any atom is 0.261 e. The van der Waals surface area contributed by atoms with Crippen LogP contribution in [0.3, 0.4) is 0 Å². The Morgan fingerprint density at radius 1 is 1.07 bits per heavy atom. The number of nitrogens with zero attached hydrogens (tertiary/aromatic N) is 2. The molecule has 0 radical (unpaired) electrons. The number of carbonyl (C=O) groups is 1. The van der Waals surface area contributed by atoms with Gasteiger partial charge in [-0.1, -0.05) is 48.5 Å². The number of hydrogen-bond acceptors (Lipinski definition) is 4. The predicted octanol–water partition coefficient (Wildman–Crippen LogP) is 4.06. The highest BCUT2D eigenvalue weighted by Gasteiger charge is 2.18. The predicted molar refractivity (Wildman–Crippen MR) is 116 cm³/mol. The van der Waals surface area contributed by atoms with Crippen molar-refractivity contribution in [3.05, 3.63) is 98.7 Å². The number of hydrogen-bond donors (Lipinski definition) is 1. The highest BCUT2D eigenvalue weighted by atomic mass is 32.1. The first-order valence-electron chi connectivity index (χ1n) is 9.47. The number of benzene rings is 2. The normalized spacial score (nSPS) is 12.0. The van der Waals surface area contributed by atoms with Crippen LogP contribution in [0.4, 0.5) is 0 Å². The Bertz CT molecular complexity index is 1180. The highest BCUT2D eigenvalue weighted by molar-refractivity contribution is 7.10. The second-order valence-corrected chi connectivity index (χ2v) is 7.79. The molecular formula is C23H21N3O2S. The summed E-state index contributed by atoms with van der Waals surface area (Å²) in [7, 11) is 0. The van der Waals surface area contributed by atoms with Gasteiger partial charge >= 0.3 is 0 Å². The van der Waals surface area contributed by atoms with Crippen LogP contribution in [0.1, 0.15) is 28.7 Å².